The summed E-state index contributed by atoms with van der Waals surface area (Å²) in [6.07, 6.45) is 3.38. The highest BCUT2D eigenvalue weighted by Crippen LogP contribution is 2.35. The molecule has 0 spiro atoms. The first-order valence-corrected chi connectivity index (χ1v) is 8.96. The van der Waals surface area contributed by atoms with E-state index < -0.39 is 5.91 Å². The zero-order chi connectivity index (χ0) is 18.8. The zero-order valence-corrected chi connectivity index (χ0v) is 14.9. The number of fused-ring (bicyclic) bond motifs is 1. The molecule has 1 saturated heterocycles. The molecule has 0 unspecified atom stereocenters. The molecule has 8 heteroatoms. The Kier molecular flexibility index (Phi) is 4.72. The number of benzene rings is 1. The largest absolute Gasteiger partial charge is 0.348 e. The standard InChI is InChI=1S/C19H20FN5O2/c1-2-27-23-19(26)16-12-21-17-8-9-18(22-25(16)17)24-10-4-7-15(24)13-5-3-6-14(20)11-13/h3,5-6,8-9,11-12,15H,2,4,7,10H2,1H3,(H,23,26)/t15-/m1/s1. The molecule has 1 aromatic carbocycles. The quantitative estimate of drug-likeness (QED) is 0.700. The van der Waals surface area contributed by atoms with Gasteiger partial charge in [-0.3, -0.25) is 9.63 Å². The molecule has 1 N–H and O–H groups in total. The number of hydroxylamine groups is 1. The van der Waals surface area contributed by atoms with E-state index in [2.05, 4.69) is 20.5 Å². The van der Waals surface area contributed by atoms with Gasteiger partial charge in [0.05, 0.1) is 18.8 Å². The minimum atomic E-state index is -0.405. The number of halogens is 1. The van der Waals surface area contributed by atoms with Crippen LogP contribution in [0.5, 0.6) is 0 Å². The summed E-state index contributed by atoms with van der Waals surface area (Å²) in [7, 11) is 0. The van der Waals surface area contributed by atoms with Crippen molar-refractivity contribution in [3.63, 3.8) is 0 Å². The first kappa shape index (κ1) is 17.4. The summed E-state index contributed by atoms with van der Waals surface area (Å²) >= 11 is 0. The molecule has 0 bridgehead atoms. The van der Waals surface area contributed by atoms with Crippen molar-refractivity contribution in [3.8, 4) is 0 Å². The van der Waals surface area contributed by atoms with Crippen molar-refractivity contribution >= 4 is 17.4 Å². The molecule has 1 amide bonds. The summed E-state index contributed by atoms with van der Waals surface area (Å²) in [4.78, 5) is 23.6. The molecule has 1 atom stereocenters. The van der Waals surface area contributed by atoms with Crippen molar-refractivity contribution in [2.45, 2.75) is 25.8 Å². The van der Waals surface area contributed by atoms with Crippen LogP contribution in [0.1, 0.15) is 41.9 Å². The average molecular weight is 369 g/mol. The van der Waals surface area contributed by atoms with Crippen molar-refractivity contribution < 1.29 is 14.0 Å². The minimum Gasteiger partial charge on any atom is -0.348 e. The minimum absolute atomic E-state index is 0.0508. The molecule has 3 heterocycles. The predicted octanol–water partition coefficient (Wildman–Crippen LogP) is 2.89. The lowest BCUT2D eigenvalue weighted by molar-refractivity contribution is 0.0358. The Balaban J connectivity index is 1.67. The number of rotatable bonds is 5. The lowest BCUT2D eigenvalue weighted by atomic mass is 10.0. The van der Waals surface area contributed by atoms with Gasteiger partial charge in [0, 0.05) is 6.54 Å². The van der Waals surface area contributed by atoms with Crippen molar-refractivity contribution in [2.75, 3.05) is 18.1 Å². The SMILES string of the molecule is CCONC(=O)c1cnc2ccc(N3CCC[C@@H]3c3cccc(F)c3)nn12. The fourth-order valence-corrected chi connectivity index (χ4v) is 3.46. The Morgan fingerprint density at radius 1 is 1.37 bits per heavy atom. The van der Waals surface area contributed by atoms with Crippen molar-refractivity contribution in [2.24, 2.45) is 0 Å². The molecule has 140 valence electrons. The Hall–Kier alpha value is -3.00. The lowest BCUT2D eigenvalue weighted by Gasteiger charge is -2.26. The third kappa shape index (κ3) is 3.35. The molecule has 7 nitrogen and oxygen atoms in total. The van der Waals surface area contributed by atoms with Gasteiger partial charge in [0.2, 0.25) is 0 Å². The summed E-state index contributed by atoms with van der Waals surface area (Å²) in [5.41, 5.74) is 4.15. The van der Waals surface area contributed by atoms with Gasteiger partial charge in [0.15, 0.2) is 11.3 Å². The first-order chi connectivity index (χ1) is 13.2. The Labute approximate surface area is 155 Å². The number of carbonyl (C=O) groups excluding carboxylic acids is 1. The van der Waals surface area contributed by atoms with Gasteiger partial charge >= 0.3 is 0 Å². The second-order valence-corrected chi connectivity index (χ2v) is 6.38. The second-order valence-electron chi connectivity index (χ2n) is 6.38. The van der Waals surface area contributed by atoms with Crippen LogP contribution >= 0.6 is 0 Å². The summed E-state index contributed by atoms with van der Waals surface area (Å²) < 4.78 is 15.2. The van der Waals surface area contributed by atoms with Gasteiger partial charge in [-0.25, -0.2) is 19.4 Å². The van der Waals surface area contributed by atoms with E-state index in [0.717, 1.165) is 30.8 Å². The smallest absolute Gasteiger partial charge is 0.295 e. The van der Waals surface area contributed by atoms with E-state index in [9.17, 15) is 9.18 Å². The average Bonchev–Trinajstić information content (AvgIpc) is 3.32. The molecule has 0 saturated carbocycles. The third-order valence-electron chi connectivity index (χ3n) is 4.67. The van der Waals surface area contributed by atoms with Gasteiger partial charge in [-0.1, -0.05) is 12.1 Å². The number of anilines is 1. The van der Waals surface area contributed by atoms with E-state index in [1.807, 2.05) is 18.2 Å². The predicted molar refractivity (Wildman–Crippen MR) is 97.8 cm³/mol. The molecule has 4 rings (SSSR count). The van der Waals surface area contributed by atoms with E-state index in [1.54, 1.807) is 19.1 Å². The highest BCUT2D eigenvalue weighted by molar-refractivity contribution is 5.92. The number of nitrogens with one attached hydrogen (secondary N) is 1. The van der Waals surface area contributed by atoms with Gasteiger partial charge in [0.1, 0.15) is 11.6 Å². The number of carbonyl (C=O) groups is 1. The normalized spacial score (nSPS) is 16.8. The van der Waals surface area contributed by atoms with E-state index in [1.165, 1.54) is 16.8 Å². The van der Waals surface area contributed by atoms with Crippen LogP contribution in [-0.2, 0) is 4.84 Å². The Morgan fingerprint density at radius 2 is 2.26 bits per heavy atom. The number of amides is 1. The summed E-state index contributed by atoms with van der Waals surface area (Å²) in [6.45, 7) is 2.96. The van der Waals surface area contributed by atoms with Crippen LogP contribution in [0, 0.1) is 5.82 Å². The number of nitrogens with zero attached hydrogens (tertiary/aromatic N) is 4. The van der Waals surface area contributed by atoms with E-state index in [4.69, 9.17) is 4.84 Å². The number of hydrogen-bond acceptors (Lipinski definition) is 5. The van der Waals surface area contributed by atoms with Crippen LogP contribution in [0.2, 0.25) is 0 Å². The molecular weight excluding hydrogens is 349 g/mol. The molecule has 0 aliphatic carbocycles. The topological polar surface area (TPSA) is 71.8 Å². The van der Waals surface area contributed by atoms with Gasteiger partial charge in [0.25, 0.3) is 5.91 Å². The third-order valence-corrected chi connectivity index (χ3v) is 4.67. The first-order valence-electron chi connectivity index (χ1n) is 8.96. The molecule has 1 aliphatic heterocycles. The molecular formula is C19H20FN5O2. The van der Waals surface area contributed by atoms with Crippen LogP contribution in [0.4, 0.5) is 10.2 Å². The monoisotopic (exact) mass is 369 g/mol. The van der Waals surface area contributed by atoms with Crippen LogP contribution in [0.15, 0.2) is 42.6 Å². The van der Waals surface area contributed by atoms with Crippen LogP contribution in [0.25, 0.3) is 5.65 Å². The zero-order valence-electron chi connectivity index (χ0n) is 14.9. The molecule has 0 radical (unpaired) electrons. The van der Waals surface area contributed by atoms with Crippen LogP contribution in [-0.4, -0.2) is 33.7 Å². The highest BCUT2D eigenvalue weighted by Gasteiger charge is 2.28. The summed E-state index contributed by atoms with van der Waals surface area (Å²) in [5.74, 6) is 0.0714. The molecule has 27 heavy (non-hydrogen) atoms. The molecule has 1 fully saturated rings. The number of aromatic nitrogens is 3. The number of imidazole rings is 1. The van der Waals surface area contributed by atoms with Crippen LogP contribution < -0.4 is 10.4 Å². The van der Waals surface area contributed by atoms with Crippen molar-refractivity contribution in [1.82, 2.24) is 20.1 Å². The van der Waals surface area contributed by atoms with Crippen molar-refractivity contribution in [3.05, 3.63) is 59.7 Å². The maximum Gasteiger partial charge on any atom is 0.295 e. The Bertz CT molecular complexity index is 974. The molecule has 1 aliphatic rings. The fourth-order valence-electron chi connectivity index (χ4n) is 3.46. The van der Waals surface area contributed by atoms with Gasteiger partial charge in [-0.2, -0.15) is 0 Å². The Morgan fingerprint density at radius 3 is 3.07 bits per heavy atom. The molecule has 2 aromatic heterocycles. The van der Waals surface area contributed by atoms with Gasteiger partial charge in [-0.05, 0) is 49.6 Å². The van der Waals surface area contributed by atoms with E-state index in [0.29, 0.717) is 17.9 Å². The van der Waals surface area contributed by atoms with E-state index >= 15 is 0 Å². The highest BCUT2D eigenvalue weighted by atomic mass is 19.1. The lowest BCUT2D eigenvalue weighted by Crippen LogP contribution is -2.27. The maximum atomic E-state index is 13.7. The summed E-state index contributed by atoms with van der Waals surface area (Å²) in [5, 5.41) is 4.61. The van der Waals surface area contributed by atoms with Crippen molar-refractivity contribution in [1.29, 1.82) is 0 Å². The number of hydrogen-bond donors (Lipinski definition) is 1. The second kappa shape index (κ2) is 7.32. The molecule has 3 aromatic rings. The van der Waals surface area contributed by atoms with E-state index in [-0.39, 0.29) is 11.9 Å². The summed E-state index contributed by atoms with van der Waals surface area (Å²) in [6, 6.07) is 10.4. The van der Waals surface area contributed by atoms with Crippen LogP contribution in [0.3, 0.4) is 0 Å². The van der Waals surface area contributed by atoms with Gasteiger partial charge in [-0.15, -0.1) is 5.10 Å². The van der Waals surface area contributed by atoms with Gasteiger partial charge < -0.3 is 4.90 Å². The maximum absolute atomic E-state index is 13.7. The fraction of sp³-hybridized carbons (Fsp3) is 0.316.